The van der Waals surface area contributed by atoms with Crippen LogP contribution in [0.25, 0.3) is 0 Å². The number of hydrogen-bond donors (Lipinski definition) is 0. The Morgan fingerprint density at radius 3 is 2.15 bits per heavy atom. The van der Waals surface area contributed by atoms with E-state index in [4.69, 9.17) is 19.3 Å². The molecule has 0 N–H and O–H groups in total. The fraction of sp³-hybridized carbons (Fsp3) is 0.625. The molecule has 0 aliphatic heterocycles. The van der Waals surface area contributed by atoms with Crippen molar-refractivity contribution in [3.8, 4) is 17.5 Å². The van der Waals surface area contributed by atoms with Crippen LogP contribution < -0.4 is 14.2 Å². The molecule has 0 bridgehead atoms. The standard InChI is InChI=1S/C32H48N4O3/c1-21(2)24-15-25(18-28(17-24)37-10)22(3)23(4)39-30-12-14-36(34-30)32(8,9)19-26-16-27(26)20-38-29-11-13-35(33-29)31(5,6)7/h11-15,17-18,21-23,26-27H,16,19-20H2,1-10H3/t22?,23-,26?,27?/m1/s1. The van der Waals surface area contributed by atoms with Gasteiger partial charge in [-0.25, -0.2) is 0 Å². The van der Waals surface area contributed by atoms with E-state index in [2.05, 4.69) is 90.3 Å². The van der Waals surface area contributed by atoms with E-state index >= 15 is 0 Å². The molecule has 1 saturated carbocycles. The third-order valence-electron chi connectivity index (χ3n) is 8.10. The molecule has 2 heterocycles. The largest absolute Gasteiger partial charge is 0.497 e. The first kappa shape index (κ1) is 29.0. The minimum absolute atomic E-state index is 0.0321. The van der Waals surface area contributed by atoms with Gasteiger partial charge in [0.1, 0.15) is 11.9 Å². The molecule has 1 aliphatic rings. The van der Waals surface area contributed by atoms with Gasteiger partial charge >= 0.3 is 0 Å². The molecule has 39 heavy (non-hydrogen) atoms. The molecular weight excluding hydrogens is 488 g/mol. The highest BCUT2D eigenvalue weighted by atomic mass is 16.5. The van der Waals surface area contributed by atoms with Crippen LogP contribution in [-0.4, -0.2) is 39.4 Å². The zero-order valence-corrected chi connectivity index (χ0v) is 25.6. The smallest absolute Gasteiger partial charge is 0.233 e. The Labute approximate surface area is 234 Å². The molecule has 3 aromatic rings. The Kier molecular flexibility index (Phi) is 8.38. The van der Waals surface area contributed by atoms with Crippen LogP contribution in [0.3, 0.4) is 0 Å². The average molecular weight is 537 g/mol. The predicted octanol–water partition coefficient (Wildman–Crippen LogP) is 7.38. The summed E-state index contributed by atoms with van der Waals surface area (Å²) >= 11 is 0. The van der Waals surface area contributed by atoms with Crippen molar-refractivity contribution in [2.75, 3.05) is 13.7 Å². The van der Waals surface area contributed by atoms with Gasteiger partial charge in [0.2, 0.25) is 11.8 Å². The van der Waals surface area contributed by atoms with Crippen LogP contribution >= 0.6 is 0 Å². The van der Waals surface area contributed by atoms with E-state index in [9.17, 15) is 0 Å². The van der Waals surface area contributed by atoms with Gasteiger partial charge in [-0.1, -0.05) is 26.8 Å². The van der Waals surface area contributed by atoms with Crippen LogP contribution in [0.5, 0.6) is 17.5 Å². The highest BCUT2D eigenvalue weighted by Crippen LogP contribution is 2.46. The first-order chi connectivity index (χ1) is 18.3. The Hall–Kier alpha value is -2.96. The second-order valence-corrected chi connectivity index (χ2v) is 13.3. The van der Waals surface area contributed by atoms with E-state index in [-0.39, 0.29) is 23.1 Å². The van der Waals surface area contributed by atoms with Crippen LogP contribution in [0, 0.1) is 11.8 Å². The van der Waals surface area contributed by atoms with Gasteiger partial charge in [-0.05, 0) is 95.4 Å². The van der Waals surface area contributed by atoms with Crippen molar-refractivity contribution >= 4 is 0 Å². The van der Waals surface area contributed by atoms with E-state index in [1.165, 1.54) is 17.5 Å². The number of rotatable bonds is 12. The molecular formula is C32H48N4O3. The summed E-state index contributed by atoms with van der Waals surface area (Å²) in [6, 6.07) is 10.4. The molecule has 1 aliphatic carbocycles. The Bertz CT molecular complexity index is 1240. The third kappa shape index (κ3) is 7.17. The van der Waals surface area contributed by atoms with Gasteiger partial charge in [0.05, 0.1) is 24.8 Å². The number of hydrogen-bond acceptors (Lipinski definition) is 5. The second-order valence-electron chi connectivity index (χ2n) is 13.3. The van der Waals surface area contributed by atoms with Gasteiger partial charge < -0.3 is 14.2 Å². The van der Waals surface area contributed by atoms with Crippen LogP contribution in [-0.2, 0) is 11.1 Å². The van der Waals surface area contributed by atoms with Gasteiger partial charge in [-0.3, -0.25) is 9.36 Å². The van der Waals surface area contributed by atoms with Crippen molar-refractivity contribution in [1.82, 2.24) is 19.6 Å². The Morgan fingerprint density at radius 1 is 0.872 bits per heavy atom. The van der Waals surface area contributed by atoms with Gasteiger partial charge in [-0.2, -0.15) is 0 Å². The quantitative estimate of drug-likeness (QED) is 0.242. The lowest BCUT2D eigenvalue weighted by atomic mass is 9.91. The summed E-state index contributed by atoms with van der Waals surface area (Å²) in [5.74, 6) is 4.09. The third-order valence-corrected chi connectivity index (χ3v) is 8.10. The molecule has 0 radical (unpaired) electrons. The molecule has 214 valence electrons. The molecule has 7 nitrogen and oxygen atoms in total. The van der Waals surface area contributed by atoms with Gasteiger partial charge in [0.15, 0.2) is 0 Å². The molecule has 2 aromatic heterocycles. The number of ether oxygens (including phenoxy) is 3. The molecule has 0 saturated heterocycles. The summed E-state index contributed by atoms with van der Waals surface area (Å²) < 4.78 is 21.9. The molecule has 4 rings (SSSR count). The van der Waals surface area contributed by atoms with Gasteiger partial charge in [-0.15, -0.1) is 10.2 Å². The normalized spacial score (nSPS) is 19.2. The molecule has 1 aromatic carbocycles. The summed E-state index contributed by atoms with van der Waals surface area (Å²) in [5, 5.41) is 9.40. The van der Waals surface area contributed by atoms with Crippen molar-refractivity contribution in [3.63, 3.8) is 0 Å². The average Bonchev–Trinajstić information content (AvgIpc) is 3.24. The minimum Gasteiger partial charge on any atom is -0.497 e. The maximum atomic E-state index is 6.33. The molecule has 0 amide bonds. The highest BCUT2D eigenvalue weighted by molar-refractivity contribution is 5.38. The summed E-state index contributed by atoms with van der Waals surface area (Å²) in [7, 11) is 1.72. The number of aromatic nitrogens is 4. The van der Waals surface area contributed by atoms with Crippen LogP contribution in [0.2, 0.25) is 0 Å². The van der Waals surface area contributed by atoms with Crippen molar-refractivity contribution < 1.29 is 14.2 Å². The summed E-state index contributed by atoms with van der Waals surface area (Å²) in [6.07, 6.45) is 6.23. The van der Waals surface area contributed by atoms with Crippen LogP contribution in [0.4, 0.5) is 0 Å². The van der Waals surface area contributed by atoms with Crippen molar-refractivity contribution in [2.24, 2.45) is 11.8 Å². The van der Waals surface area contributed by atoms with E-state index in [0.29, 0.717) is 36.1 Å². The Balaban J connectivity index is 1.31. The number of methoxy groups -OCH3 is 1. The monoisotopic (exact) mass is 536 g/mol. The van der Waals surface area contributed by atoms with E-state index in [1.54, 1.807) is 7.11 Å². The number of nitrogens with zero attached hydrogens (tertiary/aromatic N) is 4. The second kappa shape index (κ2) is 11.3. The van der Waals surface area contributed by atoms with E-state index in [1.807, 2.05) is 29.2 Å². The fourth-order valence-corrected chi connectivity index (χ4v) is 5.08. The van der Waals surface area contributed by atoms with Gasteiger partial charge in [0.25, 0.3) is 0 Å². The maximum Gasteiger partial charge on any atom is 0.233 e. The van der Waals surface area contributed by atoms with Crippen LogP contribution in [0.15, 0.2) is 42.7 Å². The molecule has 4 atom stereocenters. The van der Waals surface area contributed by atoms with Crippen molar-refractivity contribution in [1.29, 1.82) is 0 Å². The van der Waals surface area contributed by atoms with E-state index in [0.717, 1.165) is 12.2 Å². The molecule has 7 heteroatoms. The SMILES string of the molecule is COc1cc(C(C)C)cc(C(C)[C@@H](C)Oc2ccn(C(C)(C)CC3CC3COc3ccn(C(C)(C)C)n3)n2)c1. The van der Waals surface area contributed by atoms with Gasteiger partial charge in [0, 0.05) is 30.4 Å². The zero-order chi connectivity index (χ0) is 28.5. The van der Waals surface area contributed by atoms with Crippen molar-refractivity contribution in [2.45, 2.75) is 104 Å². The summed E-state index contributed by atoms with van der Waals surface area (Å²) in [6.45, 7) is 20.4. The first-order valence-corrected chi connectivity index (χ1v) is 14.4. The van der Waals surface area contributed by atoms with E-state index < -0.39 is 0 Å². The predicted molar refractivity (Wildman–Crippen MR) is 156 cm³/mol. The maximum absolute atomic E-state index is 6.33. The lowest BCUT2D eigenvalue weighted by Crippen LogP contribution is -2.28. The molecule has 0 spiro atoms. The summed E-state index contributed by atoms with van der Waals surface area (Å²) in [5.41, 5.74) is 2.35. The Morgan fingerprint density at radius 2 is 1.51 bits per heavy atom. The topological polar surface area (TPSA) is 63.3 Å². The first-order valence-electron chi connectivity index (χ1n) is 14.4. The lowest BCUT2D eigenvalue weighted by molar-refractivity contribution is 0.179. The fourth-order valence-electron chi connectivity index (χ4n) is 5.08. The lowest BCUT2D eigenvalue weighted by Gasteiger charge is -2.26. The summed E-state index contributed by atoms with van der Waals surface area (Å²) in [4.78, 5) is 0. The number of benzene rings is 1. The molecule has 3 unspecified atom stereocenters. The van der Waals surface area contributed by atoms with Crippen LogP contribution in [0.1, 0.15) is 98.1 Å². The van der Waals surface area contributed by atoms with Crippen molar-refractivity contribution in [3.05, 3.63) is 53.9 Å². The zero-order valence-electron chi connectivity index (χ0n) is 25.6. The highest BCUT2D eigenvalue weighted by Gasteiger charge is 2.42. The molecule has 1 fully saturated rings. The minimum atomic E-state index is -0.108.